The van der Waals surface area contributed by atoms with E-state index in [0.717, 1.165) is 43.5 Å². The Balaban J connectivity index is 1.46. The van der Waals surface area contributed by atoms with E-state index in [-0.39, 0.29) is 43.5 Å². The van der Waals surface area contributed by atoms with E-state index in [0.29, 0.717) is 106 Å². The molecular formula is C34H63N7O11. The van der Waals surface area contributed by atoms with Crippen LogP contribution < -0.4 is 22.1 Å². The fraction of sp³-hybridized carbons (Fsp3) is 0.853. The van der Waals surface area contributed by atoms with E-state index >= 15 is 0 Å². The molecule has 1 aliphatic rings. The number of ether oxygens (including phenoxy) is 8. The van der Waals surface area contributed by atoms with Crippen molar-refractivity contribution in [2.24, 2.45) is 17.4 Å². The minimum Gasteiger partial charge on any atom is -0.379 e. The van der Waals surface area contributed by atoms with Crippen LogP contribution in [0.5, 0.6) is 0 Å². The predicted octanol–water partition coefficient (Wildman–Crippen LogP) is -0.340. The summed E-state index contributed by atoms with van der Waals surface area (Å²) >= 11 is 0. The van der Waals surface area contributed by atoms with Crippen molar-refractivity contribution in [1.82, 2.24) is 25.6 Å². The van der Waals surface area contributed by atoms with E-state index in [1.54, 1.807) is 0 Å². The number of aromatic nitrogens is 3. The molecule has 0 saturated heterocycles. The van der Waals surface area contributed by atoms with Gasteiger partial charge in [-0.25, -0.2) is 4.68 Å². The number of fused-ring (bicyclic) bond motifs is 1. The topological polar surface area (TPSA) is 232 Å². The van der Waals surface area contributed by atoms with Gasteiger partial charge in [-0.1, -0.05) is 31.9 Å². The van der Waals surface area contributed by atoms with E-state index < -0.39 is 11.9 Å². The third kappa shape index (κ3) is 21.0. The Bertz CT molecular complexity index is 1100. The number of primary amides is 1. The van der Waals surface area contributed by atoms with Gasteiger partial charge in [-0.15, -0.1) is 5.10 Å². The normalized spacial score (nSPS) is 15.2. The number of rotatable bonds is 32. The average molecular weight is 746 g/mol. The molecule has 1 heterocycles. The molecule has 300 valence electrons. The van der Waals surface area contributed by atoms with Gasteiger partial charge in [0.1, 0.15) is 24.4 Å². The maximum atomic E-state index is 12.5. The highest BCUT2D eigenvalue weighted by Gasteiger charge is 2.25. The SMILES string of the molecule is CC(C)[C@H](NC(=O)CCOCCOCCOCCOCCNC(=O)COC1CCCCCc2c1nnn2CCOCCOCCOCCN)C(N)=O. The van der Waals surface area contributed by atoms with E-state index in [9.17, 15) is 14.4 Å². The highest BCUT2D eigenvalue weighted by Crippen LogP contribution is 2.29. The summed E-state index contributed by atoms with van der Waals surface area (Å²) in [5.41, 5.74) is 12.5. The third-order valence-electron chi connectivity index (χ3n) is 7.87. The van der Waals surface area contributed by atoms with E-state index in [4.69, 9.17) is 49.4 Å². The van der Waals surface area contributed by atoms with Crippen LogP contribution in [-0.4, -0.2) is 151 Å². The summed E-state index contributed by atoms with van der Waals surface area (Å²) in [5.74, 6) is -1.14. The number of hydrogen-bond acceptors (Lipinski definition) is 14. The van der Waals surface area contributed by atoms with Gasteiger partial charge in [0, 0.05) is 19.5 Å². The predicted molar refractivity (Wildman–Crippen MR) is 189 cm³/mol. The molecular weight excluding hydrogens is 682 g/mol. The minimum absolute atomic E-state index is 0.0729. The van der Waals surface area contributed by atoms with Crippen LogP contribution in [0.1, 0.15) is 63.4 Å². The van der Waals surface area contributed by atoms with Crippen molar-refractivity contribution in [1.29, 1.82) is 0 Å². The van der Waals surface area contributed by atoms with Crippen LogP contribution in [0.4, 0.5) is 0 Å². The number of carbonyl (C=O) groups is 3. The zero-order chi connectivity index (χ0) is 37.7. The molecule has 0 spiro atoms. The lowest BCUT2D eigenvalue weighted by molar-refractivity contribution is -0.129. The quantitative estimate of drug-likeness (QED) is 0.0692. The number of nitrogens with one attached hydrogen (secondary N) is 2. The fourth-order valence-corrected chi connectivity index (χ4v) is 5.14. The largest absolute Gasteiger partial charge is 0.379 e. The second-order valence-electron chi connectivity index (χ2n) is 12.4. The summed E-state index contributed by atoms with van der Waals surface area (Å²) in [6.07, 6.45) is 4.60. The Labute approximate surface area is 307 Å². The monoisotopic (exact) mass is 745 g/mol. The van der Waals surface area contributed by atoms with Crippen molar-refractivity contribution >= 4 is 17.7 Å². The highest BCUT2D eigenvalue weighted by molar-refractivity contribution is 5.86. The highest BCUT2D eigenvalue weighted by atomic mass is 16.6. The number of nitrogens with two attached hydrogens (primary N) is 2. The van der Waals surface area contributed by atoms with Crippen LogP contribution >= 0.6 is 0 Å². The van der Waals surface area contributed by atoms with Crippen LogP contribution in [0.25, 0.3) is 0 Å². The molecule has 52 heavy (non-hydrogen) atoms. The second kappa shape index (κ2) is 29.6. The summed E-state index contributed by atoms with van der Waals surface area (Å²) < 4.78 is 46.2. The number of hydrogen-bond donors (Lipinski definition) is 4. The van der Waals surface area contributed by atoms with Crippen LogP contribution in [0.3, 0.4) is 0 Å². The lowest BCUT2D eigenvalue weighted by atomic mass is 9.99. The van der Waals surface area contributed by atoms with Gasteiger partial charge < -0.3 is 60.0 Å². The van der Waals surface area contributed by atoms with Gasteiger partial charge in [0.25, 0.3) is 0 Å². The van der Waals surface area contributed by atoms with Crippen LogP contribution in [0, 0.1) is 5.92 Å². The van der Waals surface area contributed by atoms with Gasteiger partial charge in [0.15, 0.2) is 0 Å². The van der Waals surface area contributed by atoms with Gasteiger partial charge in [0.05, 0.1) is 105 Å². The van der Waals surface area contributed by atoms with Crippen molar-refractivity contribution in [2.75, 3.05) is 112 Å². The molecule has 0 aromatic carbocycles. The zero-order valence-corrected chi connectivity index (χ0v) is 31.2. The molecule has 1 aromatic rings. The molecule has 2 atom stereocenters. The molecule has 18 heteroatoms. The molecule has 1 aromatic heterocycles. The zero-order valence-electron chi connectivity index (χ0n) is 31.2. The van der Waals surface area contributed by atoms with Crippen molar-refractivity contribution in [3.63, 3.8) is 0 Å². The number of amides is 3. The fourth-order valence-electron chi connectivity index (χ4n) is 5.14. The van der Waals surface area contributed by atoms with Gasteiger partial charge in [-0.3, -0.25) is 14.4 Å². The van der Waals surface area contributed by atoms with Crippen molar-refractivity contribution in [2.45, 2.75) is 71.1 Å². The van der Waals surface area contributed by atoms with E-state index in [1.807, 2.05) is 18.5 Å². The average Bonchev–Trinajstić information content (AvgIpc) is 3.50. The summed E-state index contributed by atoms with van der Waals surface area (Å²) in [6, 6.07) is -0.691. The maximum Gasteiger partial charge on any atom is 0.246 e. The Morgan fingerprint density at radius 1 is 0.769 bits per heavy atom. The Kier molecular flexibility index (Phi) is 25.8. The summed E-state index contributed by atoms with van der Waals surface area (Å²) in [7, 11) is 0. The first-order chi connectivity index (χ1) is 25.3. The van der Waals surface area contributed by atoms with Crippen molar-refractivity contribution in [3.05, 3.63) is 11.4 Å². The second-order valence-corrected chi connectivity index (χ2v) is 12.4. The lowest BCUT2D eigenvalue weighted by Crippen LogP contribution is -2.47. The number of carbonyl (C=O) groups excluding carboxylic acids is 3. The molecule has 2 rings (SSSR count). The first-order valence-corrected chi connectivity index (χ1v) is 18.5. The first kappa shape index (κ1) is 45.3. The molecule has 0 saturated carbocycles. The van der Waals surface area contributed by atoms with E-state index in [2.05, 4.69) is 20.9 Å². The molecule has 0 aliphatic heterocycles. The summed E-state index contributed by atoms with van der Waals surface area (Å²) in [6.45, 7) is 10.8. The number of nitrogens with zero attached hydrogens (tertiary/aromatic N) is 3. The standard InChI is InChI=1S/C34H63N7O11/c1-27(2)32(34(36)44)38-30(42)8-12-45-16-20-49-24-25-51-22-18-47-14-10-37-31(43)26-52-29-7-5-3-4-6-28-33(29)39-40-41(28)11-15-48-19-23-50-21-17-46-13-9-35/h27,29,32H,3-26,35H2,1-2H3,(H2,36,44)(H,37,43)(H,38,42)/t29?,32-/m0/s1. The molecule has 0 fully saturated rings. The first-order valence-electron chi connectivity index (χ1n) is 18.5. The smallest absolute Gasteiger partial charge is 0.246 e. The Morgan fingerprint density at radius 3 is 1.94 bits per heavy atom. The van der Waals surface area contributed by atoms with Crippen molar-refractivity contribution in [3.8, 4) is 0 Å². The van der Waals surface area contributed by atoms with E-state index in [1.165, 1.54) is 0 Å². The molecule has 6 N–H and O–H groups in total. The Hall–Kier alpha value is -2.81. The van der Waals surface area contributed by atoms with Crippen LogP contribution in [-0.2, 0) is 65.2 Å². The van der Waals surface area contributed by atoms with Gasteiger partial charge >= 0.3 is 0 Å². The molecule has 1 aliphatic carbocycles. The molecule has 18 nitrogen and oxygen atoms in total. The van der Waals surface area contributed by atoms with Crippen molar-refractivity contribution < 1.29 is 52.3 Å². The summed E-state index contributed by atoms with van der Waals surface area (Å²) in [4.78, 5) is 35.7. The maximum absolute atomic E-state index is 12.5. The molecule has 0 bridgehead atoms. The molecule has 3 amide bonds. The minimum atomic E-state index is -0.691. The molecule has 1 unspecified atom stereocenters. The summed E-state index contributed by atoms with van der Waals surface area (Å²) in [5, 5.41) is 14.2. The molecule has 0 radical (unpaired) electrons. The van der Waals surface area contributed by atoms with Gasteiger partial charge in [-0.2, -0.15) is 0 Å². The van der Waals surface area contributed by atoms with Gasteiger partial charge in [0.2, 0.25) is 17.7 Å². The van der Waals surface area contributed by atoms with Crippen LogP contribution in [0.15, 0.2) is 0 Å². The third-order valence-corrected chi connectivity index (χ3v) is 7.87. The lowest BCUT2D eigenvalue weighted by Gasteiger charge is -2.20. The Morgan fingerprint density at radius 2 is 1.35 bits per heavy atom. The van der Waals surface area contributed by atoms with Gasteiger partial charge in [-0.05, 0) is 25.2 Å². The van der Waals surface area contributed by atoms with Crippen LogP contribution in [0.2, 0.25) is 0 Å².